The maximum atomic E-state index is 13.1. The number of hydrazine groups is 1. The molecule has 0 saturated heterocycles. The highest BCUT2D eigenvalue weighted by molar-refractivity contribution is 9.10. The monoisotopic (exact) mass is 620 g/mol. The Balaban J connectivity index is 1.20. The average molecular weight is 622 g/mol. The zero-order chi connectivity index (χ0) is 27.2. The fourth-order valence-electron chi connectivity index (χ4n) is 3.66. The summed E-state index contributed by atoms with van der Waals surface area (Å²) < 4.78 is 6.74. The number of aromatic nitrogens is 3. The zero-order valence-electron chi connectivity index (χ0n) is 20.5. The molecular formula is C27H21BrN6O3S2. The normalized spacial score (nSPS) is 10.7. The lowest BCUT2D eigenvalue weighted by Gasteiger charge is -2.11. The van der Waals surface area contributed by atoms with Crippen LogP contribution in [0.1, 0.15) is 10.4 Å². The SMILES string of the molecule is COc1cccc(Nc2nnc(SCC(=O)NNC(=O)c3cc(-c4cccc(Br)c4)nc4ccccc34)s2)c1. The number of rotatable bonds is 8. The minimum atomic E-state index is -0.441. The number of ether oxygens (including phenoxy) is 1. The van der Waals surface area contributed by atoms with E-state index in [-0.39, 0.29) is 11.7 Å². The Morgan fingerprint density at radius 2 is 1.82 bits per heavy atom. The highest BCUT2D eigenvalue weighted by atomic mass is 79.9. The Kier molecular flexibility index (Phi) is 8.35. The van der Waals surface area contributed by atoms with Crippen LogP contribution in [-0.2, 0) is 4.79 Å². The number of carbonyl (C=O) groups is 2. The molecule has 0 aliphatic carbocycles. The van der Waals surface area contributed by atoms with Gasteiger partial charge in [-0.25, -0.2) is 4.98 Å². The van der Waals surface area contributed by atoms with Crippen molar-refractivity contribution in [3.05, 3.63) is 88.9 Å². The maximum Gasteiger partial charge on any atom is 0.270 e. The van der Waals surface area contributed by atoms with E-state index >= 15 is 0 Å². The number of pyridine rings is 1. The summed E-state index contributed by atoms with van der Waals surface area (Å²) in [5.74, 6) is -0.0451. The van der Waals surface area contributed by atoms with Gasteiger partial charge in [-0.3, -0.25) is 20.4 Å². The molecule has 0 atom stereocenters. The molecule has 2 amide bonds. The summed E-state index contributed by atoms with van der Waals surface area (Å²) in [6.07, 6.45) is 0. The van der Waals surface area contributed by atoms with Gasteiger partial charge in [0.15, 0.2) is 4.34 Å². The second-order valence-corrected chi connectivity index (χ2v) is 11.2. The molecule has 0 aliphatic heterocycles. The zero-order valence-corrected chi connectivity index (χ0v) is 23.7. The number of halogens is 1. The molecular weight excluding hydrogens is 600 g/mol. The number of thioether (sulfide) groups is 1. The van der Waals surface area contributed by atoms with Gasteiger partial charge in [-0.05, 0) is 36.4 Å². The van der Waals surface area contributed by atoms with Gasteiger partial charge in [0.2, 0.25) is 11.0 Å². The maximum absolute atomic E-state index is 13.1. The molecule has 12 heteroatoms. The van der Waals surface area contributed by atoms with Crippen LogP contribution in [0.3, 0.4) is 0 Å². The lowest BCUT2D eigenvalue weighted by molar-refractivity contribution is -0.119. The van der Waals surface area contributed by atoms with Crippen molar-refractivity contribution in [3.8, 4) is 17.0 Å². The molecule has 0 saturated carbocycles. The van der Waals surface area contributed by atoms with Gasteiger partial charge in [-0.15, -0.1) is 10.2 Å². The first kappa shape index (κ1) is 26.6. The Bertz CT molecular complexity index is 1660. The second kappa shape index (κ2) is 12.2. The molecule has 0 aliphatic rings. The van der Waals surface area contributed by atoms with E-state index in [1.807, 2.05) is 72.8 Å². The number of anilines is 2. The van der Waals surface area contributed by atoms with Gasteiger partial charge in [0.1, 0.15) is 5.75 Å². The van der Waals surface area contributed by atoms with Gasteiger partial charge < -0.3 is 10.1 Å². The van der Waals surface area contributed by atoms with E-state index in [1.54, 1.807) is 13.2 Å². The van der Waals surface area contributed by atoms with Crippen LogP contribution in [-0.4, -0.2) is 39.9 Å². The van der Waals surface area contributed by atoms with Crippen molar-refractivity contribution in [1.82, 2.24) is 26.0 Å². The lowest BCUT2D eigenvalue weighted by atomic mass is 10.0. The number of hydrogen-bond donors (Lipinski definition) is 3. The standard InChI is InChI=1S/C27H21BrN6O3S2/c1-37-19-9-5-8-18(13-19)29-26-33-34-27(39-26)38-15-24(35)31-32-25(36)21-14-23(16-6-4-7-17(28)12-16)30-22-11-3-2-10-20(21)22/h2-14H,15H2,1H3,(H,29,33)(H,31,35)(H,32,36). The first-order valence-corrected chi connectivity index (χ1v) is 14.2. The minimum absolute atomic E-state index is 0.0501. The smallest absolute Gasteiger partial charge is 0.270 e. The number of methoxy groups -OCH3 is 1. The fraction of sp³-hybridized carbons (Fsp3) is 0.0741. The second-order valence-electron chi connectivity index (χ2n) is 8.10. The molecule has 2 aromatic heterocycles. The summed E-state index contributed by atoms with van der Waals surface area (Å²) >= 11 is 6.02. The number of para-hydroxylation sites is 1. The summed E-state index contributed by atoms with van der Waals surface area (Å²) in [5, 5.41) is 12.7. The van der Waals surface area contributed by atoms with Crippen molar-refractivity contribution in [3.63, 3.8) is 0 Å². The molecule has 0 bridgehead atoms. The lowest BCUT2D eigenvalue weighted by Crippen LogP contribution is -2.42. The van der Waals surface area contributed by atoms with Crippen LogP contribution in [0.4, 0.5) is 10.8 Å². The molecule has 0 fully saturated rings. The van der Waals surface area contributed by atoms with Crippen molar-refractivity contribution in [2.45, 2.75) is 4.34 Å². The van der Waals surface area contributed by atoms with Crippen LogP contribution in [0.2, 0.25) is 0 Å². The van der Waals surface area contributed by atoms with Crippen LogP contribution in [0.25, 0.3) is 22.2 Å². The number of hydrogen-bond acceptors (Lipinski definition) is 9. The van der Waals surface area contributed by atoms with Crippen LogP contribution in [0.15, 0.2) is 87.7 Å². The van der Waals surface area contributed by atoms with E-state index in [1.165, 1.54) is 23.1 Å². The molecule has 5 rings (SSSR count). The largest absolute Gasteiger partial charge is 0.497 e. The highest BCUT2D eigenvalue weighted by Crippen LogP contribution is 2.29. The first-order chi connectivity index (χ1) is 19.0. The average Bonchev–Trinajstić information content (AvgIpc) is 3.41. The first-order valence-electron chi connectivity index (χ1n) is 11.6. The van der Waals surface area contributed by atoms with Gasteiger partial charge in [-0.2, -0.15) is 0 Å². The van der Waals surface area contributed by atoms with E-state index < -0.39 is 5.91 Å². The third-order valence-corrected chi connectivity index (χ3v) is 7.92. The van der Waals surface area contributed by atoms with Crippen LogP contribution in [0.5, 0.6) is 5.75 Å². The molecule has 0 spiro atoms. The summed E-state index contributed by atoms with van der Waals surface area (Å²) in [4.78, 5) is 30.3. The molecule has 0 radical (unpaired) electrons. The third kappa shape index (κ3) is 6.72. The Morgan fingerprint density at radius 3 is 2.67 bits per heavy atom. The van der Waals surface area contributed by atoms with Crippen molar-refractivity contribution < 1.29 is 14.3 Å². The highest BCUT2D eigenvalue weighted by Gasteiger charge is 2.15. The topological polar surface area (TPSA) is 118 Å². The molecule has 3 aromatic carbocycles. The van der Waals surface area contributed by atoms with Gasteiger partial charge in [0, 0.05) is 27.2 Å². The van der Waals surface area contributed by atoms with Crippen molar-refractivity contribution >= 4 is 72.6 Å². The van der Waals surface area contributed by atoms with Crippen LogP contribution in [0, 0.1) is 0 Å². The molecule has 196 valence electrons. The summed E-state index contributed by atoms with van der Waals surface area (Å²) in [7, 11) is 1.60. The predicted octanol–water partition coefficient (Wildman–Crippen LogP) is 5.82. The fourth-order valence-corrected chi connectivity index (χ4v) is 5.63. The van der Waals surface area contributed by atoms with E-state index in [9.17, 15) is 9.59 Å². The predicted molar refractivity (Wildman–Crippen MR) is 157 cm³/mol. The van der Waals surface area contributed by atoms with Crippen molar-refractivity contribution in [2.24, 2.45) is 0 Å². The molecule has 0 unspecified atom stereocenters. The number of benzene rings is 3. The molecule has 2 heterocycles. The van der Waals surface area contributed by atoms with Gasteiger partial charge in [-0.1, -0.05) is 75.4 Å². The summed E-state index contributed by atoms with van der Waals surface area (Å²) in [6.45, 7) is 0. The Hall–Kier alpha value is -4.00. The molecule has 5 aromatic rings. The molecule has 9 nitrogen and oxygen atoms in total. The van der Waals surface area contributed by atoms with Gasteiger partial charge in [0.25, 0.3) is 5.91 Å². The molecule has 39 heavy (non-hydrogen) atoms. The van der Waals surface area contributed by atoms with Crippen LogP contribution >= 0.6 is 39.0 Å². The summed E-state index contributed by atoms with van der Waals surface area (Å²) in [5.41, 5.74) is 8.41. The van der Waals surface area contributed by atoms with Gasteiger partial charge >= 0.3 is 0 Å². The third-order valence-electron chi connectivity index (χ3n) is 5.45. The van der Waals surface area contributed by atoms with Crippen LogP contribution < -0.4 is 20.9 Å². The van der Waals surface area contributed by atoms with Crippen molar-refractivity contribution in [2.75, 3.05) is 18.2 Å². The number of fused-ring (bicyclic) bond motifs is 1. The Morgan fingerprint density at radius 1 is 0.974 bits per heavy atom. The van der Waals surface area contributed by atoms with E-state index in [2.05, 4.69) is 42.3 Å². The quantitative estimate of drug-likeness (QED) is 0.147. The van der Waals surface area contributed by atoms with E-state index in [0.29, 0.717) is 31.6 Å². The minimum Gasteiger partial charge on any atom is -0.497 e. The number of nitrogens with one attached hydrogen (secondary N) is 3. The van der Waals surface area contributed by atoms with Crippen molar-refractivity contribution in [1.29, 1.82) is 0 Å². The number of amides is 2. The number of carbonyl (C=O) groups excluding carboxylic acids is 2. The van der Waals surface area contributed by atoms with Gasteiger partial charge in [0.05, 0.1) is 29.6 Å². The molecule has 3 N–H and O–H groups in total. The number of nitrogens with zero attached hydrogens (tertiary/aromatic N) is 3. The van der Waals surface area contributed by atoms with E-state index in [4.69, 9.17) is 9.72 Å². The summed E-state index contributed by atoms with van der Waals surface area (Å²) in [6, 6.07) is 24.2. The van der Waals surface area contributed by atoms with E-state index in [0.717, 1.165) is 21.5 Å². The Labute approximate surface area is 240 Å².